The summed E-state index contributed by atoms with van der Waals surface area (Å²) in [6.07, 6.45) is 2.74. The van der Waals surface area contributed by atoms with Gasteiger partial charge in [-0.1, -0.05) is 37.3 Å². The molecule has 38 heavy (non-hydrogen) atoms. The van der Waals surface area contributed by atoms with E-state index in [9.17, 15) is 14.7 Å². The Morgan fingerprint density at radius 1 is 1.00 bits per heavy atom. The van der Waals surface area contributed by atoms with Crippen LogP contribution in [0, 0.1) is 0 Å². The SMILES string of the molecule is CC[C@@]1(O)C(=O)OCc2c1cc1n(c2=O)Cc2c-1nc1cc3c(cc1c2CCCc1ccccc1)OCO3. The van der Waals surface area contributed by atoms with Crippen LogP contribution in [0.1, 0.15) is 47.6 Å². The zero-order valence-electron chi connectivity index (χ0n) is 21.0. The molecule has 3 aliphatic rings. The van der Waals surface area contributed by atoms with Crippen molar-refractivity contribution in [2.24, 2.45) is 0 Å². The van der Waals surface area contributed by atoms with Crippen LogP contribution in [0.3, 0.4) is 0 Å². The zero-order chi connectivity index (χ0) is 26.0. The number of pyridine rings is 2. The molecule has 2 aromatic heterocycles. The number of rotatable bonds is 5. The lowest BCUT2D eigenvalue weighted by atomic mass is 9.86. The second-order valence-electron chi connectivity index (χ2n) is 10.1. The molecule has 8 nitrogen and oxygen atoms in total. The molecule has 0 bridgehead atoms. The molecule has 0 unspecified atom stereocenters. The molecule has 1 N–H and O–H groups in total. The molecule has 0 saturated heterocycles. The fourth-order valence-electron chi connectivity index (χ4n) is 5.95. The van der Waals surface area contributed by atoms with Crippen molar-refractivity contribution in [3.05, 3.63) is 86.7 Å². The number of carbonyl (C=O) groups excluding carboxylic acids is 1. The Bertz CT molecular complexity index is 1690. The maximum absolute atomic E-state index is 13.6. The molecular formula is C30H26N2O6. The number of hydrogen-bond donors (Lipinski definition) is 1. The highest BCUT2D eigenvalue weighted by Gasteiger charge is 2.45. The molecule has 3 aliphatic heterocycles. The smallest absolute Gasteiger partial charge is 0.343 e. The highest BCUT2D eigenvalue weighted by molar-refractivity contribution is 5.91. The molecule has 8 heteroatoms. The van der Waals surface area contributed by atoms with Crippen LogP contribution in [0.25, 0.3) is 22.3 Å². The second kappa shape index (κ2) is 8.43. The Morgan fingerprint density at radius 2 is 1.79 bits per heavy atom. The van der Waals surface area contributed by atoms with Crippen molar-refractivity contribution in [1.82, 2.24) is 9.55 Å². The van der Waals surface area contributed by atoms with E-state index in [0.717, 1.165) is 41.3 Å². The number of nitrogens with zero attached hydrogens (tertiary/aromatic N) is 2. The van der Waals surface area contributed by atoms with Crippen molar-refractivity contribution in [3.8, 4) is 22.9 Å². The summed E-state index contributed by atoms with van der Waals surface area (Å²) in [5, 5.41) is 12.2. The first-order chi connectivity index (χ1) is 18.5. The topological polar surface area (TPSA) is 99.9 Å². The predicted octanol–water partition coefficient (Wildman–Crippen LogP) is 3.98. The van der Waals surface area contributed by atoms with E-state index in [1.807, 2.05) is 30.3 Å². The van der Waals surface area contributed by atoms with Crippen LogP contribution in [-0.2, 0) is 41.1 Å². The monoisotopic (exact) mass is 510 g/mol. The fraction of sp³-hybridized carbons (Fsp3) is 0.300. The van der Waals surface area contributed by atoms with Crippen LogP contribution in [0.2, 0.25) is 0 Å². The Hall–Kier alpha value is -4.17. The third-order valence-corrected chi connectivity index (χ3v) is 8.04. The predicted molar refractivity (Wildman–Crippen MR) is 139 cm³/mol. The Morgan fingerprint density at radius 3 is 2.58 bits per heavy atom. The molecule has 192 valence electrons. The van der Waals surface area contributed by atoms with Gasteiger partial charge in [0.25, 0.3) is 5.56 Å². The fourth-order valence-corrected chi connectivity index (χ4v) is 5.95. The molecule has 4 aromatic rings. The summed E-state index contributed by atoms with van der Waals surface area (Å²) in [6.45, 7) is 2.10. The van der Waals surface area contributed by atoms with E-state index >= 15 is 0 Å². The molecule has 2 aromatic carbocycles. The third-order valence-electron chi connectivity index (χ3n) is 8.04. The minimum atomic E-state index is -1.85. The van der Waals surface area contributed by atoms with Gasteiger partial charge in [-0.2, -0.15) is 0 Å². The number of esters is 1. The number of hydrogen-bond acceptors (Lipinski definition) is 7. The molecule has 7 rings (SSSR count). The first-order valence-corrected chi connectivity index (χ1v) is 12.9. The maximum Gasteiger partial charge on any atom is 0.343 e. The summed E-state index contributed by atoms with van der Waals surface area (Å²) in [5.41, 5.74) is 3.96. The molecule has 0 radical (unpaired) electrons. The van der Waals surface area contributed by atoms with Gasteiger partial charge >= 0.3 is 5.97 Å². The van der Waals surface area contributed by atoms with Crippen LogP contribution < -0.4 is 15.0 Å². The van der Waals surface area contributed by atoms with Crippen LogP contribution in [0.4, 0.5) is 0 Å². The van der Waals surface area contributed by atoms with E-state index in [1.165, 1.54) is 5.56 Å². The van der Waals surface area contributed by atoms with E-state index < -0.39 is 11.6 Å². The lowest BCUT2D eigenvalue weighted by Crippen LogP contribution is -2.44. The molecule has 0 amide bonds. The minimum absolute atomic E-state index is 0.105. The number of aromatic nitrogens is 2. The first kappa shape index (κ1) is 23.0. The summed E-state index contributed by atoms with van der Waals surface area (Å²) in [6, 6.07) is 16.0. The van der Waals surface area contributed by atoms with Gasteiger partial charge < -0.3 is 23.9 Å². The van der Waals surface area contributed by atoms with Gasteiger partial charge in [0, 0.05) is 22.6 Å². The van der Waals surface area contributed by atoms with Crippen LogP contribution in [0.15, 0.2) is 53.3 Å². The normalized spacial score (nSPS) is 18.7. The van der Waals surface area contributed by atoms with Crippen molar-refractivity contribution in [3.63, 3.8) is 0 Å². The van der Waals surface area contributed by atoms with Gasteiger partial charge in [-0.15, -0.1) is 0 Å². The minimum Gasteiger partial charge on any atom is -0.458 e. The van der Waals surface area contributed by atoms with Gasteiger partial charge in [-0.3, -0.25) is 4.79 Å². The molecular weight excluding hydrogens is 484 g/mol. The standard InChI is InChI=1S/C30H26N2O6/c1-2-30(35)22-12-24-27-20(14-32(24)28(33)21(22)15-36-29(30)34)18(10-6-9-17-7-4-3-5-8-17)19-11-25-26(38-16-37-25)13-23(19)31-27/h3-5,7-8,11-13,35H,2,6,9-10,14-16H2,1H3/t30-/m0/s1. The van der Waals surface area contributed by atoms with Gasteiger partial charge in [0.15, 0.2) is 17.1 Å². The van der Waals surface area contributed by atoms with E-state index in [4.69, 9.17) is 19.2 Å². The van der Waals surface area contributed by atoms with Gasteiger partial charge in [-0.05, 0) is 48.9 Å². The third kappa shape index (κ3) is 3.29. The van der Waals surface area contributed by atoms with E-state index in [2.05, 4.69) is 12.1 Å². The van der Waals surface area contributed by atoms with Crippen molar-refractivity contribution < 1.29 is 24.1 Å². The number of aliphatic hydroxyl groups is 1. The molecule has 0 aliphatic carbocycles. The average Bonchev–Trinajstić information content (AvgIpc) is 3.54. The summed E-state index contributed by atoms with van der Waals surface area (Å²) in [4.78, 5) is 31.2. The number of benzene rings is 2. The van der Waals surface area contributed by atoms with Gasteiger partial charge in [0.05, 0.1) is 29.0 Å². The van der Waals surface area contributed by atoms with Crippen molar-refractivity contribution >= 4 is 16.9 Å². The maximum atomic E-state index is 13.6. The van der Waals surface area contributed by atoms with Gasteiger partial charge in [-0.25, -0.2) is 9.78 Å². The molecule has 5 heterocycles. The number of ether oxygens (including phenoxy) is 3. The van der Waals surface area contributed by atoms with Crippen molar-refractivity contribution in [1.29, 1.82) is 0 Å². The Labute approximate surface area is 218 Å². The van der Waals surface area contributed by atoms with E-state index in [-0.39, 0.29) is 25.4 Å². The molecule has 0 spiro atoms. The highest BCUT2D eigenvalue weighted by Crippen LogP contribution is 2.43. The quantitative estimate of drug-likeness (QED) is 0.357. The lowest BCUT2D eigenvalue weighted by Gasteiger charge is -2.31. The molecule has 1 atom stereocenters. The van der Waals surface area contributed by atoms with Crippen molar-refractivity contribution in [2.45, 2.75) is 51.4 Å². The van der Waals surface area contributed by atoms with Crippen LogP contribution in [-0.4, -0.2) is 27.4 Å². The van der Waals surface area contributed by atoms with Crippen molar-refractivity contribution in [2.75, 3.05) is 6.79 Å². The Balaban J connectivity index is 1.40. The molecule has 0 saturated carbocycles. The number of aryl methyl sites for hydroxylation is 2. The lowest BCUT2D eigenvalue weighted by molar-refractivity contribution is -0.172. The summed E-state index contributed by atoms with van der Waals surface area (Å²) in [5.74, 6) is 0.607. The highest BCUT2D eigenvalue weighted by atomic mass is 16.7. The second-order valence-corrected chi connectivity index (χ2v) is 10.1. The first-order valence-electron chi connectivity index (χ1n) is 12.9. The number of fused-ring (bicyclic) bond motifs is 6. The van der Waals surface area contributed by atoms with Crippen LogP contribution in [0.5, 0.6) is 11.5 Å². The summed E-state index contributed by atoms with van der Waals surface area (Å²) in [7, 11) is 0. The number of cyclic esters (lactones) is 1. The Kier molecular flexibility index (Phi) is 5.10. The van der Waals surface area contributed by atoms with E-state index in [1.54, 1.807) is 17.6 Å². The largest absolute Gasteiger partial charge is 0.458 e. The molecule has 0 fully saturated rings. The van der Waals surface area contributed by atoms with Gasteiger partial charge in [0.2, 0.25) is 6.79 Å². The van der Waals surface area contributed by atoms with Gasteiger partial charge in [0.1, 0.15) is 6.61 Å². The van der Waals surface area contributed by atoms with E-state index in [0.29, 0.717) is 40.6 Å². The summed E-state index contributed by atoms with van der Waals surface area (Å²) < 4.78 is 18.2. The zero-order valence-corrected chi connectivity index (χ0v) is 21.0. The number of carbonyl (C=O) groups is 1. The van der Waals surface area contributed by atoms with Crippen LogP contribution >= 0.6 is 0 Å². The summed E-state index contributed by atoms with van der Waals surface area (Å²) >= 11 is 0. The average molecular weight is 511 g/mol.